The number of benzene rings is 1. The third kappa shape index (κ3) is 3.26. The fraction of sp³-hybridized carbons (Fsp3) is 0.231. The molecule has 24 heavy (non-hydrogen) atoms. The van der Waals surface area contributed by atoms with Crippen molar-refractivity contribution in [2.24, 2.45) is 0 Å². The largest absolute Gasteiger partial charge is 0.573 e. The van der Waals surface area contributed by atoms with Crippen LogP contribution in [0.15, 0.2) is 35.4 Å². The number of fused-ring (bicyclic) bond motifs is 1. The summed E-state index contributed by atoms with van der Waals surface area (Å²) in [6.07, 6.45) is -3.39. The third-order valence-electron chi connectivity index (χ3n) is 3.34. The van der Waals surface area contributed by atoms with Gasteiger partial charge in [-0.15, -0.1) is 13.2 Å². The molecule has 2 aromatic rings. The second kappa shape index (κ2) is 5.60. The van der Waals surface area contributed by atoms with Gasteiger partial charge in [-0.1, -0.05) is 0 Å². The Labute approximate surface area is 134 Å². The lowest BCUT2D eigenvalue weighted by Crippen LogP contribution is -2.25. The molecule has 128 valence electrons. The minimum atomic E-state index is -4.84. The van der Waals surface area contributed by atoms with Crippen LogP contribution >= 0.6 is 0 Å². The van der Waals surface area contributed by atoms with Crippen molar-refractivity contribution in [2.75, 3.05) is 5.73 Å². The number of ether oxygens (including phenoxy) is 1. The summed E-state index contributed by atoms with van der Waals surface area (Å²) >= 11 is 0. The number of sulfonamides is 1. The molecule has 0 saturated carbocycles. The average Bonchev–Trinajstić information content (AvgIpc) is 2.90. The topological polar surface area (TPSA) is 98.4 Å². The molecule has 2 N–H and O–H groups in total. The molecule has 0 amide bonds. The third-order valence-corrected chi connectivity index (χ3v) is 5.15. The Hall–Kier alpha value is -2.40. The van der Waals surface area contributed by atoms with Gasteiger partial charge in [-0.2, -0.15) is 4.31 Å². The first-order valence-corrected chi connectivity index (χ1v) is 8.05. The van der Waals surface area contributed by atoms with Crippen LogP contribution in [0.3, 0.4) is 0 Å². The molecule has 0 unspecified atom stereocenters. The van der Waals surface area contributed by atoms with E-state index in [0.29, 0.717) is 11.3 Å². The van der Waals surface area contributed by atoms with Gasteiger partial charge < -0.3 is 10.5 Å². The number of anilines is 1. The molecular formula is C13H11F3N4O3S. The summed E-state index contributed by atoms with van der Waals surface area (Å²) in [5.74, 6) is -0.452. The van der Waals surface area contributed by atoms with Crippen LogP contribution in [0.25, 0.3) is 0 Å². The molecule has 3 rings (SSSR count). The number of hydrogen-bond acceptors (Lipinski definition) is 6. The van der Waals surface area contributed by atoms with E-state index < -0.39 is 22.1 Å². The van der Waals surface area contributed by atoms with E-state index in [4.69, 9.17) is 5.73 Å². The first kappa shape index (κ1) is 16.5. The van der Waals surface area contributed by atoms with Crippen molar-refractivity contribution in [1.29, 1.82) is 0 Å². The molecule has 1 aromatic carbocycles. The number of halogens is 3. The summed E-state index contributed by atoms with van der Waals surface area (Å²) < 4.78 is 66.4. The first-order valence-electron chi connectivity index (χ1n) is 6.61. The summed E-state index contributed by atoms with van der Waals surface area (Å²) in [5, 5.41) is 0. The zero-order valence-corrected chi connectivity index (χ0v) is 12.8. The van der Waals surface area contributed by atoms with E-state index in [1.807, 2.05) is 0 Å². The fourth-order valence-corrected chi connectivity index (χ4v) is 3.65. The highest BCUT2D eigenvalue weighted by atomic mass is 32.2. The second-order valence-electron chi connectivity index (χ2n) is 4.99. The van der Waals surface area contributed by atoms with Gasteiger partial charge in [-0.3, -0.25) is 0 Å². The number of rotatable bonds is 3. The zero-order valence-electron chi connectivity index (χ0n) is 12.0. The summed E-state index contributed by atoms with van der Waals surface area (Å²) in [7, 11) is -3.89. The van der Waals surface area contributed by atoms with Crippen LogP contribution < -0.4 is 10.5 Å². The molecule has 0 radical (unpaired) electrons. The second-order valence-corrected chi connectivity index (χ2v) is 6.93. The van der Waals surface area contributed by atoms with Crippen LogP contribution in [-0.4, -0.2) is 29.1 Å². The molecule has 0 fully saturated rings. The van der Waals surface area contributed by atoms with Crippen molar-refractivity contribution in [3.8, 4) is 5.75 Å². The standard InChI is InChI=1S/C13H11F3N4O3S/c14-13(15,16)23-9-1-3-10(4-2-9)24(21,22)20-6-8-5-18-12(17)19-11(8)7-20/h1-5H,6-7H2,(H2,17,18,19). The number of aromatic nitrogens is 2. The molecule has 0 bridgehead atoms. The van der Waals surface area contributed by atoms with Crippen molar-refractivity contribution in [2.45, 2.75) is 24.3 Å². The van der Waals surface area contributed by atoms with Crippen molar-refractivity contribution in [3.05, 3.63) is 41.7 Å². The molecule has 2 heterocycles. The Bertz CT molecular complexity index is 869. The number of hydrogen-bond donors (Lipinski definition) is 1. The van der Waals surface area contributed by atoms with Gasteiger partial charge in [0.05, 0.1) is 17.1 Å². The molecular weight excluding hydrogens is 349 g/mol. The van der Waals surface area contributed by atoms with E-state index >= 15 is 0 Å². The summed E-state index contributed by atoms with van der Waals surface area (Å²) in [4.78, 5) is 7.64. The van der Waals surface area contributed by atoms with Gasteiger partial charge >= 0.3 is 6.36 Å². The van der Waals surface area contributed by atoms with E-state index in [0.717, 1.165) is 28.6 Å². The number of nitrogens with zero attached hydrogens (tertiary/aromatic N) is 3. The highest BCUT2D eigenvalue weighted by molar-refractivity contribution is 7.89. The monoisotopic (exact) mass is 360 g/mol. The fourth-order valence-electron chi connectivity index (χ4n) is 2.27. The van der Waals surface area contributed by atoms with Crippen molar-refractivity contribution in [1.82, 2.24) is 14.3 Å². The van der Waals surface area contributed by atoms with E-state index in [1.54, 1.807) is 0 Å². The maximum Gasteiger partial charge on any atom is 0.573 e. The van der Waals surface area contributed by atoms with Gasteiger partial charge in [0.15, 0.2) is 0 Å². The average molecular weight is 360 g/mol. The zero-order chi connectivity index (χ0) is 17.5. The van der Waals surface area contributed by atoms with Gasteiger partial charge in [-0.25, -0.2) is 18.4 Å². The SMILES string of the molecule is Nc1ncc2c(n1)CN(S(=O)(=O)c1ccc(OC(F)(F)F)cc1)C2. The lowest BCUT2D eigenvalue weighted by atomic mass is 10.3. The highest BCUT2D eigenvalue weighted by Crippen LogP contribution is 2.29. The maximum atomic E-state index is 12.6. The minimum absolute atomic E-state index is 0.0190. The van der Waals surface area contributed by atoms with E-state index in [1.165, 1.54) is 6.20 Å². The predicted octanol–water partition coefficient (Wildman–Crippen LogP) is 1.66. The molecule has 0 aliphatic carbocycles. The Morgan fingerprint density at radius 1 is 1.17 bits per heavy atom. The van der Waals surface area contributed by atoms with Crippen molar-refractivity contribution >= 4 is 16.0 Å². The summed E-state index contributed by atoms with van der Waals surface area (Å²) in [6, 6.07) is 4.00. The molecule has 0 saturated heterocycles. The molecule has 1 aliphatic rings. The Morgan fingerprint density at radius 3 is 2.46 bits per heavy atom. The summed E-state index contributed by atoms with van der Waals surface area (Å²) in [6.45, 7) is 0.0872. The number of alkyl halides is 3. The molecule has 1 aliphatic heterocycles. The number of nitrogens with two attached hydrogens (primary N) is 1. The smallest absolute Gasteiger partial charge is 0.406 e. The lowest BCUT2D eigenvalue weighted by Gasteiger charge is -2.16. The van der Waals surface area contributed by atoms with Crippen LogP contribution in [0, 0.1) is 0 Å². The molecule has 0 atom stereocenters. The van der Waals surface area contributed by atoms with Crippen LogP contribution in [0.4, 0.5) is 19.1 Å². The highest BCUT2D eigenvalue weighted by Gasteiger charge is 2.33. The van der Waals surface area contributed by atoms with Gasteiger partial charge in [-0.05, 0) is 24.3 Å². The Kier molecular flexibility index (Phi) is 3.84. The minimum Gasteiger partial charge on any atom is -0.406 e. The first-order chi connectivity index (χ1) is 11.1. The van der Waals surface area contributed by atoms with Crippen LogP contribution in [0.1, 0.15) is 11.3 Å². The van der Waals surface area contributed by atoms with Crippen molar-refractivity contribution in [3.63, 3.8) is 0 Å². The van der Waals surface area contributed by atoms with Crippen LogP contribution in [0.2, 0.25) is 0 Å². The van der Waals surface area contributed by atoms with Gasteiger partial charge in [0.2, 0.25) is 16.0 Å². The Morgan fingerprint density at radius 2 is 1.83 bits per heavy atom. The van der Waals surface area contributed by atoms with Crippen LogP contribution in [-0.2, 0) is 23.1 Å². The predicted molar refractivity (Wildman–Crippen MR) is 76.0 cm³/mol. The van der Waals surface area contributed by atoms with E-state index in [-0.39, 0.29) is 23.9 Å². The van der Waals surface area contributed by atoms with Crippen LogP contribution in [0.5, 0.6) is 5.75 Å². The summed E-state index contributed by atoms with van der Waals surface area (Å²) in [5.41, 5.74) is 6.60. The maximum absolute atomic E-state index is 12.6. The molecule has 7 nitrogen and oxygen atoms in total. The molecule has 11 heteroatoms. The molecule has 1 aromatic heterocycles. The van der Waals surface area contributed by atoms with Crippen molar-refractivity contribution < 1.29 is 26.3 Å². The molecule has 0 spiro atoms. The van der Waals surface area contributed by atoms with Gasteiger partial charge in [0, 0.05) is 18.3 Å². The van der Waals surface area contributed by atoms with E-state index in [9.17, 15) is 21.6 Å². The normalized spacial score (nSPS) is 15.3. The van der Waals surface area contributed by atoms with Gasteiger partial charge in [0.25, 0.3) is 0 Å². The number of nitrogen functional groups attached to an aromatic ring is 1. The van der Waals surface area contributed by atoms with Gasteiger partial charge in [0.1, 0.15) is 5.75 Å². The quantitative estimate of drug-likeness (QED) is 0.894. The lowest BCUT2D eigenvalue weighted by molar-refractivity contribution is -0.274. The Balaban J connectivity index is 1.82. The van der Waals surface area contributed by atoms with E-state index in [2.05, 4.69) is 14.7 Å².